The maximum Gasteiger partial charge on any atom is 0.241 e. The molecule has 0 aliphatic heterocycles. The minimum absolute atomic E-state index is 0.528. The smallest absolute Gasteiger partial charge is 0.241 e. The average molecular weight is 282 g/mol. The number of hydrogen-bond acceptors (Lipinski definition) is 2. The first-order chi connectivity index (χ1) is 8.54. The molecule has 0 radical (unpaired) electrons. The number of benzene rings is 1. The molecule has 1 heterocycles. The zero-order valence-electron chi connectivity index (χ0n) is 9.19. The Bertz CT molecular complexity index is 597. The lowest BCUT2D eigenvalue weighted by atomic mass is 10.2. The molecular formula is C13H9Cl2NO2. The van der Waals surface area contributed by atoms with Crippen LogP contribution in [0, 0.1) is 0 Å². The molecule has 0 saturated carbocycles. The van der Waals surface area contributed by atoms with Gasteiger partial charge in [0.2, 0.25) is 5.91 Å². The largest absolute Gasteiger partial charge is 0.457 e. The number of furan rings is 1. The summed E-state index contributed by atoms with van der Waals surface area (Å²) in [5.41, 5.74) is 5.77. The summed E-state index contributed by atoms with van der Waals surface area (Å²) < 4.78 is 5.52. The van der Waals surface area contributed by atoms with E-state index in [1.54, 1.807) is 30.3 Å². The summed E-state index contributed by atoms with van der Waals surface area (Å²) in [5, 5.41) is 1.06. The molecule has 2 N–H and O–H groups in total. The van der Waals surface area contributed by atoms with Gasteiger partial charge in [-0.2, -0.15) is 0 Å². The number of hydrogen-bond donors (Lipinski definition) is 1. The number of amides is 1. The number of nitrogens with two attached hydrogens (primary N) is 1. The van der Waals surface area contributed by atoms with E-state index in [0.29, 0.717) is 21.6 Å². The van der Waals surface area contributed by atoms with Crippen molar-refractivity contribution in [2.75, 3.05) is 0 Å². The van der Waals surface area contributed by atoms with Crippen molar-refractivity contribution in [3.8, 4) is 11.3 Å². The van der Waals surface area contributed by atoms with Crippen LogP contribution in [0.1, 0.15) is 5.76 Å². The second-order valence-electron chi connectivity index (χ2n) is 3.60. The van der Waals surface area contributed by atoms with Gasteiger partial charge in [0.05, 0.1) is 0 Å². The van der Waals surface area contributed by atoms with Gasteiger partial charge < -0.3 is 10.2 Å². The Labute approximate surface area is 114 Å². The third kappa shape index (κ3) is 3.15. The Morgan fingerprint density at radius 3 is 2.44 bits per heavy atom. The van der Waals surface area contributed by atoms with Crippen LogP contribution in [-0.4, -0.2) is 5.91 Å². The molecule has 1 aromatic heterocycles. The standard InChI is InChI=1S/C13H9Cl2NO2/c14-9-5-8(6-10(15)7-9)12-3-1-11(18-12)2-4-13(16)17/h1-7H,(H2,16,17)/b4-2-. The highest BCUT2D eigenvalue weighted by atomic mass is 35.5. The molecule has 2 aromatic rings. The molecule has 5 heteroatoms. The summed E-state index contributed by atoms with van der Waals surface area (Å²) in [7, 11) is 0. The van der Waals surface area contributed by atoms with Gasteiger partial charge in [-0.1, -0.05) is 23.2 Å². The van der Waals surface area contributed by atoms with E-state index < -0.39 is 5.91 Å². The van der Waals surface area contributed by atoms with Gasteiger partial charge in [0.15, 0.2) is 0 Å². The van der Waals surface area contributed by atoms with E-state index in [0.717, 1.165) is 5.56 Å². The second-order valence-corrected chi connectivity index (χ2v) is 4.47. The molecule has 92 valence electrons. The van der Waals surface area contributed by atoms with Gasteiger partial charge in [0.25, 0.3) is 0 Å². The van der Waals surface area contributed by atoms with Gasteiger partial charge in [-0.25, -0.2) is 0 Å². The molecule has 0 fully saturated rings. The summed E-state index contributed by atoms with van der Waals surface area (Å²) in [6.45, 7) is 0. The minimum Gasteiger partial charge on any atom is -0.457 e. The third-order valence-electron chi connectivity index (χ3n) is 2.19. The SMILES string of the molecule is NC(=O)/C=C\c1ccc(-c2cc(Cl)cc(Cl)c2)o1. The third-order valence-corrected chi connectivity index (χ3v) is 2.62. The van der Waals surface area contributed by atoms with Crippen LogP contribution in [0.15, 0.2) is 40.8 Å². The fourth-order valence-corrected chi connectivity index (χ4v) is 1.98. The Hall–Kier alpha value is -1.71. The van der Waals surface area contributed by atoms with Gasteiger partial charge >= 0.3 is 0 Å². The van der Waals surface area contributed by atoms with Crippen molar-refractivity contribution in [2.24, 2.45) is 5.73 Å². The average Bonchev–Trinajstić information content (AvgIpc) is 2.73. The number of carbonyl (C=O) groups is 1. The van der Waals surface area contributed by atoms with E-state index in [4.69, 9.17) is 33.4 Å². The van der Waals surface area contributed by atoms with Gasteiger partial charge in [-0.05, 0) is 36.4 Å². The summed E-state index contributed by atoms with van der Waals surface area (Å²) >= 11 is 11.8. The molecular weight excluding hydrogens is 273 g/mol. The van der Waals surface area contributed by atoms with E-state index in [1.165, 1.54) is 12.2 Å². The van der Waals surface area contributed by atoms with Crippen LogP contribution in [0.25, 0.3) is 17.4 Å². The van der Waals surface area contributed by atoms with E-state index in [2.05, 4.69) is 0 Å². The highest BCUT2D eigenvalue weighted by Gasteiger charge is 2.05. The number of primary amides is 1. The zero-order chi connectivity index (χ0) is 13.1. The van der Waals surface area contributed by atoms with Crippen LogP contribution in [0.5, 0.6) is 0 Å². The maximum absolute atomic E-state index is 10.6. The van der Waals surface area contributed by atoms with Crippen LogP contribution in [0.2, 0.25) is 10.0 Å². The van der Waals surface area contributed by atoms with Gasteiger partial charge in [0.1, 0.15) is 11.5 Å². The van der Waals surface area contributed by atoms with Crippen LogP contribution in [0.4, 0.5) is 0 Å². The Morgan fingerprint density at radius 1 is 1.17 bits per heavy atom. The van der Waals surface area contributed by atoms with Gasteiger partial charge in [-0.3, -0.25) is 4.79 Å². The van der Waals surface area contributed by atoms with Crippen LogP contribution in [0.3, 0.4) is 0 Å². The normalized spacial score (nSPS) is 11.0. The van der Waals surface area contributed by atoms with E-state index in [-0.39, 0.29) is 0 Å². The van der Waals surface area contributed by atoms with Crippen LogP contribution in [-0.2, 0) is 4.79 Å². The molecule has 0 bridgehead atoms. The zero-order valence-corrected chi connectivity index (χ0v) is 10.7. The molecule has 0 spiro atoms. The monoisotopic (exact) mass is 281 g/mol. The fraction of sp³-hybridized carbons (Fsp3) is 0. The highest BCUT2D eigenvalue weighted by molar-refractivity contribution is 6.35. The summed E-state index contributed by atoms with van der Waals surface area (Å²) in [4.78, 5) is 10.6. The first-order valence-corrected chi connectivity index (χ1v) is 5.84. The minimum atomic E-state index is -0.529. The van der Waals surface area contributed by atoms with Crippen molar-refractivity contribution in [1.29, 1.82) is 0 Å². The van der Waals surface area contributed by atoms with Crippen molar-refractivity contribution in [2.45, 2.75) is 0 Å². The topological polar surface area (TPSA) is 56.2 Å². The summed E-state index contributed by atoms with van der Waals surface area (Å²) in [6.07, 6.45) is 2.73. The number of halogens is 2. The highest BCUT2D eigenvalue weighted by Crippen LogP contribution is 2.28. The molecule has 18 heavy (non-hydrogen) atoms. The van der Waals surface area contributed by atoms with Crippen molar-refractivity contribution < 1.29 is 9.21 Å². The Morgan fingerprint density at radius 2 is 1.83 bits per heavy atom. The molecule has 3 nitrogen and oxygen atoms in total. The van der Waals surface area contributed by atoms with Crippen molar-refractivity contribution in [3.05, 3.63) is 52.2 Å². The number of carbonyl (C=O) groups excluding carboxylic acids is 1. The van der Waals surface area contributed by atoms with Crippen molar-refractivity contribution >= 4 is 35.2 Å². The molecule has 0 aliphatic rings. The predicted molar refractivity (Wildman–Crippen MR) is 72.4 cm³/mol. The molecule has 0 saturated heterocycles. The van der Waals surface area contributed by atoms with E-state index in [9.17, 15) is 4.79 Å². The first-order valence-electron chi connectivity index (χ1n) is 5.08. The maximum atomic E-state index is 10.6. The fourth-order valence-electron chi connectivity index (χ4n) is 1.46. The molecule has 1 amide bonds. The lowest BCUT2D eigenvalue weighted by Gasteiger charge is -1.99. The first kappa shape index (κ1) is 12.7. The summed E-state index contributed by atoms with van der Waals surface area (Å²) in [6, 6.07) is 8.62. The molecule has 0 atom stereocenters. The molecule has 0 unspecified atom stereocenters. The lowest BCUT2D eigenvalue weighted by molar-refractivity contribution is -0.113. The van der Waals surface area contributed by atoms with E-state index >= 15 is 0 Å². The Balaban J connectivity index is 2.32. The van der Waals surface area contributed by atoms with E-state index in [1.807, 2.05) is 0 Å². The number of rotatable bonds is 3. The van der Waals surface area contributed by atoms with Crippen LogP contribution >= 0.6 is 23.2 Å². The Kier molecular flexibility index (Phi) is 3.75. The molecule has 0 aliphatic carbocycles. The van der Waals surface area contributed by atoms with Crippen LogP contribution < -0.4 is 5.73 Å². The van der Waals surface area contributed by atoms with Gasteiger partial charge in [-0.15, -0.1) is 0 Å². The molecule has 2 rings (SSSR count). The predicted octanol–water partition coefficient (Wildman–Crippen LogP) is 3.75. The molecule has 1 aromatic carbocycles. The second kappa shape index (κ2) is 5.29. The quantitative estimate of drug-likeness (QED) is 0.871. The lowest BCUT2D eigenvalue weighted by Crippen LogP contribution is -2.04. The van der Waals surface area contributed by atoms with Crippen molar-refractivity contribution in [1.82, 2.24) is 0 Å². The van der Waals surface area contributed by atoms with Gasteiger partial charge in [0, 0.05) is 21.7 Å². The summed E-state index contributed by atoms with van der Waals surface area (Å²) in [5.74, 6) is 0.613. The van der Waals surface area contributed by atoms with Crippen molar-refractivity contribution in [3.63, 3.8) is 0 Å².